The van der Waals surface area contributed by atoms with Crippen LogP contribution in [0.3, 0.4) is 0 Å². The van der Waals surface area contributed by atoms with Gasteiger partial charge in [0, 0.05) is 6.42 Å². The highest BCUT2D eigenvalue weighted by Gasteiger charge is 2.24. The molecule has 0 aromatic heterocycles. The smallest absolute Gasteiger partial charge is 0.306 e. The lowest BCUT2D eigenvalue weighted by Crippen LogP contribution is -2.46. The van der Waals surface area contributed by atoms with E-state index in [0.29, 0.717) is 19.3 Å². The molecule has 0 rings (SSSR count). The van der Waals surface area contributed by atoms with Gasteiger partial charge in [-0.25, -0.2) is 0 Å². The second-order valence-corrected chi connectivity index (χ2v) is 19.0. The number of hydrogen-bond acceptors (Lipinski definition) is 5. The van der Waals surface area contributed by atoms with Gasteiger partial charge in [-0.2, -0.15) is 0 Å². The first-order valence-electron chi connectivity index (χ1n) is 27.7. The highest BCUT2D eigenvalue weighted by atomic mass is 16.5. The number of carbonyl (C=O) groups excluding carboxylic acids is 2. The summed E-state index contributed by atoms with van der Waals surface area (Å²) in [6, 6.07) is -0.710. The molecule has 0 radical (unpaired) electrons. The molecule has 3 atom stereocenters. The fraction of sp³-hybridized carbons (Fsp3) is 0.860. The van der Waals surface area contributed by atoms with Gasteiger partial charge in [-0.1, -0.05) is 237 Å². The number of aliphatic hydroxyl groups is 2. The Labute approximate surface area is 392 Å². The largest absolute Gasteiger partial charge is 0.462 e. The van der Waals surface area contributed by atoms with E-state index < -0.39 is 18.2 Å². The predicted octanol–water partition coefficient (Wildman–Crippen LogP) is 16.8. The Morgan fingerprint density at radius 3 is 1.27 bits per heavy atom. The van der Waals surface area contributed by atoms with E-state index in [1.807, 2.05) is 0 Å². The fourth-order valence-electron chi connectivity index (χ4n) is 8.48. The van der Waals surface area contributed by atoms with E-state index in [9.17, 15) is 19.8 Å². The molecule has 0 saturated heterocycles. The lowest BCUT2D eigenvalue weighted by atomic mass is 10.0. The Balaban J connectivity index is 4.58. The van der Waals surface area contributed by atoms with Crippen LogP contribution in [-0.4, -0.2) is 46.9 Å². The summed E-state index contributed by atoms with van der Waals surface area (Å²) in [6.07, 6.45) is 60.6. The first kappa shape index (κ1) is 61.1. The Morgan fingerprint density at radius 2 is 0.810 bits per heavy atom. The third-order valence-electron chi connectivity index (χ3n) is 12.7. The van der Waals surface area contributed by atoms with E-state index >= 15 is 0 Å². The summed E-state index contributed by atoms with van der Waals surface area (Å²) < 4.78 is 5.93. The molecule has 0 aromatic carbocycles. The molecule has 0 aliphatic carbocycles. The second kappa shape index (κ2) is 51.1. The van der Waals surface area contributed by atoms with Crippen LogP contribution >= 0.6 is 0 Å². The zero-order chi connectivity index (χ0) is 45.9. The first-order valence-corrected chi connectivity index (χ1v) is 27.7. The van der Waals surface area contributed by atoms with Crippen molar-refractivity contribution in [2.24, 2.45) is 0 Å². The number of allylic oxidation sites excluding steroid dienone is 6. The van der Waals surface area contributed by atoms with Crippen LogP contribution in [0.25, 0.3) is 0 Å². The molecule has 6 nitrogen and oxygen atoms in total. The summed E-state index contributed by atoms with van der Waals surface area (Å²) in [6.45, 7) is 6.47. The SMILES string of the molecule is CCCCC/C=C\CCCCCCCC(=O)OC(CCCCC/C=C/C=C/CCCCCCCCC)CC(=O)NC(CO)C(O)CCCCCCCCCCCCCCCCCC. The molecule has 0 aliphatic rings. The number of esters is 1. The summed E-state index contributed by atoms with van der Waals surface area (Å²) in [5, 5.41) is 23.8. The Bertz CT molecular complexity index is 1040. The van der Waals surface area contributed by atoms with Crippen molar-refractivity contribution in [3.63, 3.8) is 0 Å². The van der Waals surface area contributed by atoms with Crippen LogP contribution in [0.5, 0.6) is 0 Å². The van der Waals surface area contributed by atoms with E-state index in [-0.39, 0.29) is 24.9 Å². The average molecular weight is 886 g/mol. The van der Waals surface area contributed by atoms with Crippen molar-refractivity contribution in [1.82, 2.24) is 5.32 Å². The Morgan fingerprint density at radius 1 is 0.460 bits per heavy atom. The molecular weight excluding hydrogens is 779 g/mol. The number of ether oxygens (including phenoxy) is 1. The van der Waals surface area contributed by atoms with Crippen LogP contribution < -0.4 is 5.32 Å². The molecule has 0 fully saturated rings. The van der Waals surface area contributed by atoms with Crippen molar-refractivity contribution >= 4 is 11.9 Å². The lowest BCUT2D eigenvalue weighted by molar-refractivity contribution is -0.151. The van der Waals surface area contributed by atoms with Crippen molar-refractivity contribution in [2.75, 3.05) is 6.61 Å². The molecule has 0 heterocycles. The normalized spacial score (nSPS) is 13.4. The lowest BCUT2D eigenvalue weighted by Gasteiger charge is -2.24. The van der Waals surface area contributed by atoms with Crippen LogP contribution in [0.15, 0.2) is 36.5 Å². The fourth-order valence-corrected chi connectivity index (χ4v) is 8.48. The summed E-state index contributed by atoms with van der Waals surface area (Å²) in [5.41, 5.74) is 0. The van der Waals surface area contributed by atoms with Crippen LogP contribution in [0.1, 0.15) is 290 Å². The molecule has 63 heavy (non-hydrogen) atoms. The molecule has 0 aliphatic heterocycles. The number of aliphatic hydroxyl groups excluding tert-OH is 2. The number of hydrogen-bond donors (Lipinski definition) is 3. The number of nitrogens with one attached hydrogen (secondary N) is 1. The number of rotatable bonds is 50. The van der Waals surface area contributed by atoms with Gasteiger partial charge in [-0.3, -0.25) is 9.59 Å². The monoisotopic (exact) mass is 886 g/mol. The molecule has 0 spiro atoms. The minimum Gasteiger partial charge on any atom is -0.462 e. The van der Waals surface area contributed by atoms with Gasteiger partial charge >= 0.3 is 5.97 Å². The van der Waals surface area contributed by atoms with Crippen molar-refractivity contribution in [3.05, 3.63) is 36.5 Å². The topological polar surface area (TPSA) is 95.9 Å². The molecule has 0 aromatic rings. The molecule has 3 N–H and O–H groups in total. The maximum absolute atomic E-state index is 13.2. The zero-order valence-electron chi connectivity index (χ0n) is 42.2. The highest BCUT2D eigenvalue weighted by Crippen LogP contribution is 2.18. The first-order chi connectivity index (χ1) is 31.0. The van der Waals surface area contributed by atoms with Crippen LogP contribution in [0.4, 0.5) is 0 Å². The second-order valence-electron chi connectivity index (χ2n) is 19.0. The molecule has 0 saturated carbocycles. The van der Waals surface area contributed by atoms with Crippen molar-refractivity contribution in [2.45, 2.75) is 309 Å². The van der Waals surface area contributed by atoms with E-state index in [2.05, 4.69) is 62.5 Å². The maximum Gasteiger partial charge on any atom is 0.306 e. The van der Waals surface area contributed by atoms with Crippen LogP contribution in [-0.2, 0) is 14.3 Å². The Kier molecular flexibility index (Phi) is 49.5. The Hall–Kier alpha value is -1.92. The van der Waals surface area contributed by atoms with E-state index in [1.54, 1.807) is 0 Å². The van der Waals surface area contributed by atoms with Crippen LogP contribution in [0, 0.1) is 0 Å². The van der Waals surface area contributed by atoms with Crippen molar-refractivity contribution in [3.8, 4) is 0 Å². The van der Waals surface area contributed by atoms with Crippen molar-refractivity contribution < 1.29 is 24.5 Å². The third kappa shape index (κ3) is 46.4. The van der Waals surface area contributed by atoms with Gasteiger partial charge in [0.2, 0.25) is 5.91 Å². The van der Waals surface area contributed by atoms with Crippen LogP contribution in [0.2, 0.25) is 0 Å². The van der Waals surface area contributed by atoms with Crippen molar-refractivity contribution in [1.29, 1.82) is 0 Å². The van der Waals surface area contributed by atoms with E-state index in [4.69, 9.17) is 4.74 Å². The summed E-state index contributed by atoms with van der Waals surface area (Å²) >= 11 is 0. The molecule has 6 heteroatoms. The maximum atomic E-state index is 13.2. The minimum atomic E-state index is -0.795. The van der Waals surface area contributed by atoms with Gasteiger partial charge in [0.05, 0.1) is 25.2 Å². The quantitative estimate of drug-likeness (QED) is 0.0245. The molecule has 0 bridgehead atoms. The van der Waals surface area contributed by atoms with Gasteiger partial charge in [-0.15, -0.1) is 0 Å². The standard InChI is InChI=1S/C57H107NO5/c1-4-7-10-13-16-19-22-25-27-29-31-33-36-39-42-45-48-53(63-57(62)50-47-44-41-38-35-24-21-18-15-12-9-6-3)51-56(61)58-54(52-59)55(60)49-46-43-40-37-34-32-30-28-26-23-20-17-14-11-8-5-2/h18,21,27,29,31,33,53-55,59-60H,4-17,19-20,22-26,28,30,32,34-52H2,1-3H3,(H,58,61)/b21-18-,29-27+,33-31+. The molecule has 370 valence electrons. The number of carbonyl (C=O) groups is 2. The number of amides is 1. The molecule has 3 unspecified atom stereocenters. The molecular formula is C57H107NO5. The van der Waals surface area contributed by atoms with E-state index in [0.717, 1.165) is 77.0 Å². The summed E-state index contributed by atoms with van der Waals surface area (Å²) in [5.74, 6) is -0.500. The predicted molar refractivity (Wildman–Crippen MR) is 273 cm³/mol. The highest BCUT2D eigenvalue weighted by molar-refractivity contribution is 5.77. The van der Waals surface area contributed by atoms with Gasteiger partial charge in [0.1, 0.15) is 6.10 Å². The van der Waals surface area contributed by atoms with E-state index in [1.165, 1.54) is 167 Å². The van der Waals surface area contributed by atoms with Gasteiger partial charge in [0.25, 0.3) is 0 Å². The molecule has 1 amide bonds. The van der Waals surface area contributed by atoms with Gasteiger partial charge < -0.3 is 20.3 Å². The zero-order valence-corrected chi connectivity index (χ0v) is 42.2. The number of unbranched alkanes of at least 4 members (excludes halogenated alkanes) is 33. The summed E-state index contributed by atoms with van der Waals surface area (Å²) in [7, 11) is 0. The third-order valence-corrected chi connectivity index (χ3v) is 12.7. The van der Waals surface area contributed by atoms with Gasteiger partial charge in [0.15, 0.2) is 0 Å². The summed E-state index contributed by atoms with van der Waals surface area (Å²) in [4.78, 5) is 26.2. The van der Waals surface area contributed by atoms with Gasteiger partial charge in [-0.05, 0) is 77.0 Å². The minimum absolute atomic E-state index is 0.0589. The average Bonchev–Trinajstić information content (AvgIpc) is 3.28.